The average molecular weight is 215 g/mol. The fraction of sp³-hybridized carbons (Fsp3) is 0.182. The minimum absolute atomic E-state index is 0.571. The molecule has 0 aliphatic rings. The zero-order valence-corrected chi connectivity index (χ0v) is 9.25. The van der Waals surface area contributed by atoms with Gasteiger partial charge in [-0.15, -0.1) is 0 Å². The van der Waals surface area contributed by atoms with Crippen molar-refractivity contribution in [2.75, 3.05) is 12.8 Å². The van der Waals surface area contributed by atoms with Crippen LogP contribution in [0.25, 0.3) is 5.69 Å². The second kappa shape index (κ2) is 4.14. The summed E-state index contributed by atoms with van der Waals surface area (Å²) < 4.78 is 1.67. The van der Waals surface area contributed by atoms with E-state index >= 15 is 0 Å². The standard InChI is InChI=1S/C11H13N5/c1-8-10(4-3-5-14-8)16-11(12)9(6-13-2)7-15-16/h3-7H,12H2,1-2H3. The molecule has 5 nitrogen and oxygen atoms in total. The van der Waals surface area contributed by atoms with Crippen LogP contribution >= 0.6 is 0 Å². The molecule has 5 heteroatoms. The van der Waals surface area contributed by atoms with E-state index in [0.29, 0.717) is 5.82 Å². The molecule has 0 atom stereocenters. The first-order valence-corrected chi connectivity index (χ1v) is 4.91. The summed E-state index contributed by atoms with van der Waals surface area (Å²) in [6.45, 7) is 1.92. The van der Waals surface area contributed by atoms with E-state index in [-0.39, 0.29) is 0 Å². The van der Waals surface area contributed by atoms with Crippen LogP contribution in [0.5, 0.6) is 0 Å². The molecule has 0 unspecified atom stereocenters. The Morgan fingerprint density at radius 1 is 1.50 bits per heavy atom. The Hall–Kier alpha value is -2.17. The van der Waals surface area contributed by atoms with Crippen molar-refractivity contribution in [2.45, 2.75) is 6.92 Å². The van der Waals surface area contributed by atoms with Crippen molar-refractivity contribution in [3.05, 3.63) is 35.8 Å². The summed E-state index contributed by atoms with van der Waals surface area (Å²) in [6, 6.07) is 3.79. The maximum Gasteiger partial charge on any atom is 0.136 e. The van der Waals surface area contributed by atoms with Crippen molar-refractivity contribution >= 4 is 12.0 Å². The minimum Gasteiger partial charge on any atom is -0.383 e. The molecule has 0 saturated carbocycles. The Morgan fingerprint density at radius 2 is 2.31 bits per heavy atom. The fourth-order valence-corrected chi connectivity index (χ4v) is 1.50. The summed E-state index contributed by atoms with van der Waals surface area (Å²) in [6.07, 6.45) is 5.12. The van der Waals surface area contributed by atoms with Gasteiger partial charge in [0.25, 0.3) is 0 Å². The summed E-state index contributed by atoms with van der Waals surface area (Å²) in [5.41, 5.74) is 8.55. The summed E-state index contributed by atoms with van der Waals surface area (Å²) in [5.74, 6) is 0.571. The lowest BCUT2D eigenvalue weighted by Crippen LogP contribution is -2.05. The van der Waals surface area contributed by atoms with Crippen molar-refractivity contribution in [1.29, 1.82) is 0 Å². The van der Waals surface area contributed by atoms with Crippen LogP contribution in [-0.2, 0) is 0 Å². The second-order valence-electron chi connectivity index (χ2n) is 3.39. The fourth-order valence-electron chi connectivity index (χ4n) is 1.50. The average Bonchev–Trinajstić information content (AvgIpc) is 2.62. The highest BCUT2D eigenvalue weighted by Crippen LogP contribution is 2.17. The number of anilines is 1. The highest BCUT2D eigenvalue weighted by Gasteiger charge is 2.09. The second-order valence-corrected chi connectivity index (χ2v) is 3.39. The van der Waals surface area contributed by atoms with Gasteiger partial charge in [-0.05, 0) is 19.1 Å². The number of nitrogens with two attached hydrogens (primary N) is 1. The summed E-state index contributed by atoms with van der Waals surface area (Å²) in [4.78, 5) is 8.12. The number of nitrogens with zero attached hydrogens (tertiary/aromatic N) is 4. The molecule has 0 radical (unpaired) electrons. The first-order chi connectivity index (χ1) is 7.74. The molecule has 0 aliphatic heterocycles. The van der Waals surface area contributed by atoms with E-state index in [1.165, 1.54) is 0 Å². The monoisotopic (exact) mass is 215 g/mol. The highest BCUT2D eigenvalue weighted by atomic mass is 15.3. The molecular weight excluding hydrogens is 202 g/mol. The quantitative estimate of drug-likeness (QED) is 0.765. The molecule has 0 fully saturated rings. The molecule has 2 rings (SSSR count). The largest absolute Gasteiger partial charge is 0.383 e. The Labute approximate surface area is 93.6 Å². The third-order valence-electron chi connectivity index (χ3n) is 2.31. The normalized spacial score (nSPS) is 11.1. The molecule has 16 heavy (non-hydrogen) atoms. The highest BCUT2D eigenvalue weighted by molar-refractivity contribution is 5.85. The van der Waals surface area contributed by atoms with Crippen LogP contribution in [0.1, 0.15) is 11.3 Å². The lowest BCUT2D eigenvalue weighted by atomic mass is 10.3. The minimum atomic E-state index is 0.571. The Bertz CT molecular complexity index is 527. The molecular formula is C11H13N5. The van der Waals surface area contributed by atoms with Gasteiger partial charge < -0.3 is 5.73 Å². The van der Waals surface area contributed by atoms with Crippen molar-refractivity contribution in [1.82, 2.24) is 14.8 Å². The van der Waals surface area contributed by atoms with Gasteiger partial charge in [0.15, 0.2) is 0 Å². The first-order valence-electron chi connectivity index (χ1n) is 4.91. The molecule has 0 spiro atoms. The zero-order valence-electron chi connectivity index (χ0n) is 9.25. The molecule has 82 valence electrons. The number of aromatic nitrogens is 3. The van der Waals surface area contributed by atoms with Crippen LogP contribution in [0.4, 0.5) is 5.82 Å². The Kier molecular flexibility index (Phi) is 2.68. The van der Waals surface area contributed by atoms with Gasteiger partial charge in [-0.2, -0.15) is 5.10 Å². The van der Waals surface area contributed by atoms with Crippen molar-refractivity contribution in [3.63, 3.8) is 0 Å². The maximum absolute atomic E-state index is 5.97. The van der Waals surface area contributed by atoms with Gasteiger partial charge in [0.2, 0.25) is 0 Å². The molecule has 0 saturated heterocycles. The number of aryl methyl sites for hydroxylation is 1. The lowest BCUT2D eigenvalue weighted by molar-refractivity contribution is 0.872. The summed E-state index contributed by atoms with van der Waals surface area (Å²) in [5, 5.41) is 4.23. The first kappa shape index (κ1) is 10.4. The van der Waals surface area contributed by atoms with E-state index in [4.69, 9.17) is 5.73 Å². The van der Waals surface area contributed by atoms with E-state index < -0.39 is 0 Å². The van der Waals surface area contributed by atoms with Gasteiger partial charge in [-0.1, -0.05) is 0 Å². The molecule has 0 aromatic carbocycles. The van der Waals surface area contributed by atoms with Gasteiger partial charge in [0.1, 0.15) is 5.82 Å². The third kappa shape index (κ3) is 1.67. The summed E-state index contributed by atoms with van der Waals surface area (Å²) >= 11 is 0. The Balaban J connectivity index is 2.54. The van der Waals surface area contributed by atoms with Gasteiger partial charge in [0.05, 0.1) is 23.1 Å². The van der Waals surface area contributed by atoms with Crippen LogP contribution in [0.3, 0.4) is 0 Å². The van der Waals surface area contributed by atoms with Crippen LogP contribution in [0.15, 0.2) is 29.5 Å². The predicted molar refractivity (Wildman–Crippen MR) is 64.0 cm³/mol. The van der Waals surface area contributed by atoms with E-state index in [0.717, 1.165) is 16.9 Å². The van der Waals surface area contributed by atoms with Crippen molar-refractivity contribution in [3.8, 4) is 5.69 Å². The molecule has 2 N–H and O–H groups in total. The van der Waals surface area contributed by atoms with E-state index in [9.17, 15) is 0 Å². The van der Waals surface area contributed by atoms with Crippen LogP contribution in [0.2, 0.25) is 0 Å². The third-order valence-corrected chi connectivity index (χ3v) is 2.31. The van der Waals surface area contributed by atoms with Crippen LogP contribution in [-0.4, -0.2) is 28.0 Å². The van der Waals surface area contributed by atoms with E-state index in [1.807, 2.05) is 19.1 Å². The number of hydrogen-bond acceptors (Lipinski definition) is 4. The molecule has 2 aromatic rings. The smallest absolute Gasteiger partial charge is 0.136 e. The predicted octanol–water partition coefficient (Wildman–Crippen LogP) is 1.21. The molecule has 2 heterocycles. The number of pyridine rings is 1. The number of hydrogen-bond donors (Lipinski definition) is 1. The van der Waals surface area contributed by atoms with Gasteiger partial charge >= 0.3 is 0 Å². The van der Waals surface area contributed by atoms with E-state index in [2.05, 4.69) is 15.1 Å². The van der Waals surface area contributed by atoms with Gasteiger partial charge in [0, 0.05) is 19.5 Å². The number of rotatable bonds is 2. The molecule has 0 aliphatic carbocycles. The molecule has 2 aromatic heterocycles. The van der Waals surface area contributed by atoms with Crippen LogP contribution < -0.4 is 5.73 Å². The lowest BCUT2D eigenvalue weighted by Gasteiger charge is -2.06. The summed E-state index contributed by atoms with van der Waals surface area (Å²) in [7, 11) is 1.70. The topological polar surface area (TPSA) is 69.1 Å². The Morgan fingerprint density at radius 3 is 3.00 bits per heavy atom. The van der Waals surface area contributed by atoms with E-state index in [1.54, 1.807) is 30.3 Å². The zero-order chi connectivity index (χ0) is 11.5. The number of nitrogen functional groups attached to an aromatic ring is 1. The van der Waals surface area contributed by atoms with Gasteiger partial charge in [-0.3, -0.25) is 9.98 Å². The molecule has 0 amide bonds. The van der Waals surface area contributed by atoms with Crippen LogP contribution in [0, 0.1) is 6.92 Å². The molecule has 0 bridgehead atoms. The van der Waals surface area contributed by atoms with Crippen molar-refractivity contribution in [2.24, 2.45) is 4.99 Å². The maximum atomic E-state index is 5.97. The SMILES string of the molecule is CN=Cc1cnn(-c2cccnc2C)c1N. The van der Waals surface area contributed by atoms with Gasteiger partial charge in [-0.25, -0.2) is 4.68 Å². The number of aliphatic imine (C=N–C) groups is 1. The van der Waals surface area contributed by atoms with Crippen molar-refractivity contribution < 1.29 is 0 Å².